The molecule has 0 saturated carbocycles. The first-order chi connectivity index (χ1) is 6.84. The maximum Gasteiger partial charge on any atom is 0.380 e. The number of para-hydroxylation sites is 1. The van der Waals surface area contributed by atoms with Gasteiger partial charge in [0.2, 0.25) is 0 Å². The van der Waals surface area contributed by atoms with E-state index in [0.29, 0.717) is 0 Å². The number of halogens is 5. The zero-order valence-electron chi connectivity index (χ0n) is 7.05. The Morgan fingerprint density at radius 2 is 1.87 bits per heavy atom. The van der Waals surface area contributed by atoms with Crippen LogP contribution < -0.4 is 5.12 Å². The van der Waals surface area contributed by atoms with Gasteiger partial charge in [0.25, 0.3) is 0 Å². The van der Waals surface area contributed by atoms with Crippen molar-refractivity contribution >= 4 is 27.5 Å². The fraction of sp³-hybridized carbons (Fsp3) is 0.125. The van der Waals surface area contributed by atoms with Crippen LogP contribution in [-0.4, -0.2) is 10.7 Å². The highest BCUT2D eigenvalue weighted by Gasteiger charge is 2.41. The summed E-state index contributed by atoms with van der Waals surface area (Å²) in [6, 6.07) is 4.17. The normalized spacial score (nSPS) is 11.3. The zero-order valence-corrected chi connectivity index (χ0v) is 8.64. The van der Waals surface area contributed by atoms with Gasteiger partial charge in [-0.2, -0.15) is 8.78 Å². The minimum Gasteiger partial charge on any atom is -0.264 e. The van der Waals surface area contributed by atoms with Crippen LogP contribution in [0.15, 0.2) is 24.3 Å². The van der Waals surface area contributed by atoms with Crippen LogP contribution in [0.3, 0.4) is 0 Å². The van der Waals surface area contributed by atoms with E-state index in [9.17, 15) is 22.4 Å². The van der Waals surface area contributed by atoms with Crippen molar-refractivity contribution in [2.24, 2.45) is 0 Å². The van der Waals surface area contributed by atoms with Crippen LogP contribution in [0, 0.1) is 5.82 Å². The molecule has 7 heteroatoms. The number of carbonyl (C=O) groups excluding carboxylic acids is 1. The molecular weight excluding hydrogens is 282 g/mol. The number of rotatable bonds is 2. The Morgan fingerprint density at radius 3 is 2.33 bits per heavy atom. The highest BCUT2D eigenvalue weighted by Crippen LogP contribution is 2.29. The molecule has 0 aromatic heterocycles. The van der Waals surface area contributed by atoms with Crippen molar-refractivity contribution in [1.29, 1.82) is 0 Å². The summed E-state index contributed by atoms with van der Waals surface area (Å²) in [7, 11) is 0. The smallest absolute Gasteiger partial charge is 0.264 e. The van der Waals surface area contributed by atoms with Gasteiger partial charge in [-0.25, -0.2) is 4.39 Å². The van der Waals surface area contributed by atoms with Crippen LogP contribution in [0.5, 0.6) is 0 Å². The molecule has 0 heterocycles. The van der Waals surface area contributed by atoms with E-state index in [2.05, 4.69) is 0 Å². The Hall–Kier alpha value is -1.11. The van der Waals surface area contributed by atoms with Crippen molar-refractivity contribution < 1.29 is 22.4 Å². The molecule has 0 fully saturated rings. The molecule has 0 radical (unpaired) electrons. The highest BCUT2D eigenvalue weighted by atomic mass is 79.9. The number of hydrogen-bond acceptors (Lipinski definition) is 1. The van der Waals surface area contributed by atoms with E-state index in [-0.39, 0.29) is 0 Å². The van der Waals surface area contributed by atoms with Crippen LogP contribution in [0.1, 0.15) is 0 Å². The van der Waals surface area contributed by atoms with Gasteiger partial charge in [0.15, 0.2) is 0 Å². The van der Waals surface area contributed by atoms with E-state index in [1.807, 2.05) is 0 Å². The van der Waals surface area contributed by atoms with Gasteiger partial charge < -0.3 is 0 Å². The molecule has 0 spiro atoms. The van der Waals surface area contributed by atoms with Crippen LogP contribution >= 0.6 is 15.9 Å². The van der Waals surface area contributed by atoms with E-state index >= 15 is 0 Å². The summed E-state index contributed by atoms with van der Waals surface area (Å²) in [5.41, 5.74) is -0.860. The number of anilines is 1. The predicted molar refractivity (Wildman–Crippen MR) is 48.9 cm³/mol. The van der Waals surface area contributed by atoms with E-state index < -0.39 is 27.4 Å². The molecular formula is C8H4BrF4NO. The first-order valence-electron chi connectivity index (χ1n) is 3.65. The monoisotopic (exact) mass is 285 g/mol. The lowest BCUT2D eigenvalue weighted by Gasteiger charge is -2.15. The molecule has 0 unspecified atom stereocenters. The van der Waals surface area contributed by atoms with Crippen LogP contribution in [0.25, 0.3) is 0 Å². The number of carbonyl (C=O) groups is 1. The number of hydrogen-bond donors (Lipinski definition) is 0. The van der Waals surface area contributed by atoms with Gasteiger partial charge in [0.05, 0.1) is 0 Å². The van der Waals surface area contributed by atoms with Crippen LogP contribution in [-0.2, 0) is 4.79 Å². The van der Waals surface area contributed by atoms with Gasteiger partial charge in [-0.05, 0) is 12.1 Å². The highest BCUT2D eigenvalue weighted by molar-refractivity contribution is 9.10. The topological polar surface area (TPSA) is 20.3 Å². The van der Waals surface area contributed by atoms with Gasteiger partial charge in [0, 0.05) is 15.9 Å². The predicted octanol–water partition coefficient (Wildman–Crippen LogP) is 3.03. The third kappa shape index (κ3) is 2.68. The SMILES string of the molecule is O=C(N(F)c1ccccc1F)C(F)(F)Br. The zero-order chi connectivity index (χ0) is 11.6. The van der Waals surface area contributed by atoms with Gasteiger partial charge in [-0.15, -0.1) is 5.12 Å². The Labute approximate surface area is 90.5 Å². The number of benzene rings is 1. The molecule has 0 atom stereocenters. The molecule has 0 aliphatic heterocycles. The van der Waals surface area contributed by atoms with Crippen LogP contribution in [0.2, 0.25) is 0 Å². The summed E-state index contributed by atoms with van der Waals surface area (Å²) in [6.45, 7) is 0. The second kappa shape index (κ2) is 4.18. The van der Waals surface area contributed by atoms with Crippen LogP contribution in [0.4, 0.5) is 23.3 Å². The summed E-state index contributed by atoms with van der Waals surface area (Å²) in [4.78, 5) is 6.64. The molecule has 1 aromatic carbocycles. The molecule has 0 bridgehead atoms. The molecule has 15 heavy (non-hydrogen) atoms. The van der Waals surface area contributed by atoms with E-state index in [4.69, 9.17) is 0 Å². The summed E-state index contributed by atoms with van der Waals surface area (Å²) in [5.74, 6) is -3.29. The molecule has 0 aliphatic rings. The number of nitrogens with zero attached hydrogens (tertiary/aromatic N) is 1. The lowest BCUT2D eigenvalue weighted by atomic mass is 10.3. The summed E-state index contributed by atoms with van der Waals surface area (Å²) in [6.07, 6.45) is 0. The lowest BCUT2D eigenvalue weighted by Crippen LogP contribution is -2.35. The Kier molecular flexibility index (Phi) is 3.33. The fourth-order valence-corrected chi connectivity index (χ4v) is 0.987. The molecule has 0 aliphatic carbocycles. The standard InChI is InChI=1S/C8H4BrF4NO/c9-8(11,12)7(15)14(13)6-4-2-1-3-5(6)10/h1-4H. The second-order valence-corrected chi connectivity index (χ2v) is 3.53. The largest absolute Gasteiger partial charge is 0.380 e. The number of alkyl halides is 3. The Balaban J connectivity index is 3.01. The van der Waals surface area contributed by atoms with Crippen molar-refractivity contribution in [2.45, 2.75) is 4.83 Å². The quantitative estimate of drug-likeness (QED) is 0.465. The molecule has 82 valence electrons. The summed E-state index contributed by atoms with van der Waals surface area (Å²) >= 11 is 1.68. The van der Waals surface area contributed by atoms with Crippen molar-refractivity contribution in [3.8, 4) is 0 Å². The van der Waals surface area contributed by atoms with E-state index in [0.717, 1.165) is 12.1 Å². The van der Waals surface area contributed by atoms with Crippen molar-refractivity contribution in [2.75, 3.05) is 5.12 Å². The molecule has 0 saturated heterocycles. The maximum absolute atomic E-state index is 13.0. The van der Waals surface area contributed by atoms with Gasteiger partial charge >= 0.3 is 10.7 Å². The van der Waals surface area contributed by atoms with Gasteiger partial charge in [0.1, 0.15) is 11.5 Å². The summed E-state index contributed by atoms with van der Waals surface area (Å²) < 4.78 is 50.6. The Bertz CT molecular complexity index is 379. The van der Waals surface area contributed by atoms with Crippen molar-refractivity contribution in [3.63, 3.8) is 0 Å². The molecule has 0 N–H and O–H groups in total. The molecule has 1 amide bonds. The first kappa shape index (κ1) is 12.0. The number of amides is 1. The second-order valence-electron chi connectivity index (χ2n) is 2.54. The average Bonchev–Trinajstić information content (AvgIpc) is 2.15. The minimum absolute atomic E-state index is 0.849. The molecule has 1 rings (SSSR count). The van der Waals surface area contributed by atoms with Gasteiger partial charge in [-0.3, -0.25) is 4.79 Å². The fourth-order valence-electron chi connectivity index (χ4n) is 0.832. The third-order valence-electron chi connectivity index (χ3n) is 1.48. The van der Waals surface area contributed by atoms with E-state index in [1.54, 1.807) is 15.9 Å². The van der Waals surface area contributed by atoms with Crippen molar-refractivity contribution in [3.05, 3.63) is 30.1 Å². The molecule has 2 nitrogen and oxygen atoms in total. The Morgan fingerprint density at radius 1 is 1.33 bits per heavy atom. The summed E-state index contributed by atoms with van der Waals surface area (Å²) in [5, 5.41) is -0.940. The first-order valence-corrected chi connectivity index (χ1v) is 4.45. The minimum atomic E-state index is -4.07. The maximum atomic E-state index is 13.0. The van der Waals surface area contributed by atoms with Gasteiger partial charge in [-0.1, -0.05) is 16.6 Å². The molecule has 1 aromatic rings. The van der Waals surface area contributed by atoms with E-state index in [1.165, 1.54) is 12.1 Å². The lowest BCUT2D eigenvalue weighted by molar-refractivity contribution is -0.134. The average molecular weight is 286 g/mol. The third-order valence-corrected chi connectivity index (χ3v) is 1.82. The van der Waals surface area contributed by atoms with Crippen molar-refractivity contribution in [1.82, 2.24) is 0 Å².